The average Bonchev–Trinajstić information content (AvgIpc) is 2.37. The van der Waals surface area contributed by atoms with Crippen LogP contribution in [0.4, 0.5) is 0 Å². The fraction of sp³-hybridized carbons (Fsp3) is 0.600. The third-order valence-electron chi connectivity index (χ3n) is 3.61. The zero-order chi connectivity index (χ0) is 13.5. The highest BCUT2D eigenvalue weighted by Crippen LogP contribution is 2.17. The molecule has 2 atom stereocenters. The standard InChI is InChI=1S/C15H25BrN2/c1-5-12(2)18(4)10-9-17-13(3)14-7-6-8-15(16)11-14/h6-8,11-13,17H,5,9-10H2,1-4H3. The van der Waals surface area contributed by atoms with Gasteiger partial charge in [0, 0.05) is 29.6 Å². The van der Waals surface area contributed by atoms with E-state index in [2.05, 4.69) is 78.2 Å². The van der Waals surface area contributed by atoms with Gasteiger partial charge in [0.2, 0.25) is 0 Å². The average molecular weight is 313 g/mol. The first-order valence-corrected chi connectivity index (χ1v) is 7.53. The lowest BCUT2D eigenvalue weighted by Crippen LogP contribution is -2.35. The van der Waals surface area contributed by atoms with Crippen molar-refractivity contribution in [1.29, 1.82) is 0 Å². The number of nitrogens with one attached hydrogen (secondary N) is 1. The molecule has 0 aliphatic heterocycles. The summed E-state index contributed by atoms with van der Waals surface area (Å²) in [6.07, 6.45) is 1.21. The van der Waals surface area contributed by atoms with Crippen molar-refractivity contribution in [3.05, 3.63) is 34.3 Å². The van der Waals surface area contributed by atoms with Crippen LogP contribution in [-0.4, -0.2) is 31.1 Å². The summed E-state index contributed by atoms with van der Waals surface area (Å²) in [6.45, 7) is 8.84. The second kappa shape index (κ2) is 7.93. The van der Waals surface area contributed by atoms with E-state index in [0.717, 1.165) is 17.6 Å². The Hall–Kier alpha value is -0.380. The zero-order valence-electron chi connectivity index (χ0n) is 11.9. The van der Waals surface area contributed by atoms with Gasteiger partial charge >= 0.3 is 0 Å². The van der Waals surface area contributed by atoms with Crippen LogP contribution in [0.3, 0.4) is 0 Å². The summed E-state index contributed by atoms with van der Waals surface area (Å²) in [6, 6.07) is 9.55. The summed E-state index contributed by atoms with van der Waals surface area (Å²) >= 11 is 3.51. The Bertz CT molecular complexity index is 354. The molecular formula is C15H25BrN2. The van der Waals surface area contributed by atoms with Crippen molar-refractivity contribution in [2.45, 2.75) is 39.3 Å². The van der Waals surface area contributed by atoms with Crippen molar-refractivity contribution in [1.82, 2.24) is 10.2 Å². The molecule has 0 heterocycles. The minimum atomic E-state index is 0.396. The number of rotatable bonds is 7. The molecule has 0 saturated carbocycles. The van der Waals surface area contributed by atoms with Gasteiger partial charge in [0.1, 0.15) is 0 Å². The van der Waals surface area contributed by atoms with Crippen LogP contribution >= 0.6 is 15.9 Å². The Morgan fingerprint density at radius 3 is 2.67 bits per heavy atom. The molecule has 0 fully saturated rings. The fourth-order valence-electron chi connectivity index (χ4n) is 1.88. The first kappa shape index (κ1) is 15.7. The molecule has 1 N–H and O–H groups in total. The molecule has 0 amide bonds. The largest absolute Gasteiger partial charge is 0.309 e. The van der Waals surface area contributed by atoms with E-state index in [0.29, 0.717) is 12.1 Å². The molecule has 1 aromatic carbocycles. The Balaban J connectivity index is 2.35. The third-order valence-corrected chi connectivity index (χ3v) is 4.10. The quantitative estimate of drug-likeness (QED) is 0.823. The van der Waals surface area contributed by atoms with Gasteiger partial charge in [0.15, 0.2) is 0 Å². The summed E-state index contributed by atoms with van der Waals surface area (Å²) in [5, 5.41) is 3.57. The van der Waals surface area contributed by atoms with E-state index >= 15 is 0 Å². The van der Waals surface area contributed by atoms with E-state index in [1.807, 2.05) is 0 Å². The molecule has 0 spiro atoms. The van der Waals surface area contributed by atoms with E-state index in [9.17, 15) is 0 Å². The molecule has 0 aromatic heterocycles. The van der Waals surface area contributed by atoms with Gasteiger partial charge in [-0.15, -0.1) is 0 Å². The lowest BCUT2D eigenvalue weighted by molar-refractivity contribution is 0.249. The van der Waals surface area contributed by atoms with E-state index in [1.165, 1.54) is 12.0 Å². The van der Waals surface area contributed by atoms with Crippen molar-refractivity contribution in [2.24, 2.45) is 0 Å². The monoisotopic (exact) mass is 312 g/mol. The van der Waals surface area contributed by atoms with Gasteiger partial charge in [0.25, 0.3) is 0 Å². The van der Waals surface area contributed by atoms with Gasteiger partial charge in [-0.05, 0) is 45.0 Å². The van der Waals surface area contributed by atoms with E-state index in [1.54, 1.807) is 0 Å². The Morgan fingerprint density at radius 2 is 2.06 bits per heavy atom. The van der Waals surface area contributed by atoms with Crippen LogP contribution in [-0.2, 0) is 0 Å². The number of nitrogens with zero attached hydrogens (tertiary/aromatic N) is 1. The Kier molecular flexibility index (Phi) is 6.90. The Morgan fingerprint density at radius 1 is 1.33 bits per heavy atom. The van der Waals surface area contributed by atoms with Crippen molar-refractivity contribution in [3.63, 3.8) is 0 Å². The van der Waals surface area contributed by atoms with E-state index in [-0.39, 0.29) is 0 Å². The number of halogens is 1. The summed E-state index contributed by atoms with van der Waals surface area (Å²) < 4.78 is 1.14. The van der Waals surface area contributed by atoms with Crippen LogP contribution in [0.1, 0.15) is 38.8 Å². The maximum absolute atomic E-state index is 3.57. The van der Waals surface area contributed by atoms with E-state index in [4.69, 9.17) is 0 Å². The summed E-state index contributed by atoms with van der Waals surface area (Å²) in [5.74, 6) is 0. The highest BCUT2D eigenvalue weighted by Gasteiger charge is 2.08. The molecule has 1 aromatic rings. The van der Waals surface area contributed by atoms with Gasteiger partial charge in [-0.3, -0.25) is 0 Å². The van der Waals surface area contributed by atoms with Gasteiger partial charge < -0.3 is 10.2 Å². The first-order valence-electron chi connectivity index (χ1n) is 6.73. The second-order valence-electron chi connectivity index (χ2n) is 4.97. The summed E-state index contributed by atoms with van der Waals surface area (Å²) in [5.41, 5.74) is 1.33. The van der Waals surface area contributed by atoms with Gasteiger partial charge in [-0.2, -0.15) is 0 Å². The Labute approximate surface area is 120 Å². The topological polar surface area (TPSA) is 15.3 Å². The first-order chi connectivity index (χ1) is 8.54. The molecule has 18 heavy (non-hydrogen) atoms. The molecular weight excluding hydrogens is 288 g/mol. The number of hydrogen-bond acceptors (Lipinski definition) is 2. The molecule has 0 bridgehead atoms. The van der Waals surface area contributed by atoms with Crippen molar-refractivity contribution >= 4 is 15.9 Å². The van der Waals surface area contributed by atoms with Crippen molar-refractivity contribution in [2.75, 3.05) is 20.1 Å². The molecule has 0 aliphatic rings. The molecule has 0 radical (unpaired) electrons. The van der Waals surface area contributed by atoms with Crippen LogP contribution < -0.4 is 5.32 Å². The lowest BCUT2D eigenvalue weighted by Gasteiger charge is -2.24. The smallest absolute Gasteiger partial charge is 0.0292 e. The van der Waals surface area contributed by atoms with Crippen LogP contribution in [0, 0.1) is 0 Å². The minimum absolute atomic E-state index is 0.396. The molecule has 2 nitrogen and oxygen atoms in total. The van der Waals surface area contributed by atoms with Crippen LogP contribution in [0.5, 0.6) is 0 Å². The molecule has 102 valence electrons. The predicted octanol–water partition coefficient (Wildman–Crippen LogP) is 3.83. The molecule has 0 saturated heterocycles. The van der Waals surface area contributed by atoms with Gasteiger partial charge in [-0.1, -0.05) is 35.0 Å². The second-order valence-corrected chi connectivity index (χ2v) is 5.88. The summed E-state index contributed by atoms with van der Waals surface area (Å²) in [4.78, 5) is 2.40. The highest BCUT2D eigenvalue weighted by molar-refractivity contribution is 9.10. The normalized spacial score (nSPS) is 14.8. The summed E-state index contributed by atoms with van der Waals surface area (Å²) in [7, 11) is 2.19. The van der Waals surface area contributed by atoms with Crippen LogP contribution in [0.2, 0.25) is 0 Å². The minimum Gasteiger partial charge on any atom is -0.309 e. The maximum atomic E-state index is 3.57. The highest BCUT2D eigenvalue weighted by atomic mass is 79.9. The van der Waals surface area contributed by atoms with Crippen LogP contribution in [0.15, 0.2) is 28.7 Å². The SMILES string of the molecule is CCC(C)N(C)CCNC(C)c1cccc(Br)c1. The number of hydrogen-bond donors (Lipinski definition) is 1. The van der Waals surface area contributed by atoms with Crippen molar-refractivity contribution < 1.29 is 0 Å². The van der Waals surface area contributed by atoms with Gasteiger partial charge in [-0.25, -0.2) is 0 Å². The number of likely N-dealkylation sites (N-methyl/N-ethyl adjacent to an activating group) is 1. The van der Waals surface area contributed by atoms with E-state index < -0.39 is 0 Å². The van der Waals surface area contributed by atoms with Crippen molar-refractivity contribution in [3.8, 4) is 0 Å². The third kappa shape index (κ3) is 5.09. The maximum Gasteiger partial charge on any atom is 0.0292 e. The lowest BCUT2D eigenvalue weighted by atomic mass is 10.1. The molecule has 1 rings (SSSR count). The molecule has 3 heteroatoms. The van der Waals surface area contributed by atoms with Gasteiger partial charge in [0.05, 0.1) is 0 Å². The van der Waals surface area contributed by atoms with Crippen LogP contribution in [0.25, 0.3) is 0 Å². The zero-order valence-corrected chi connectivity index (χ0v) is 13.5. The predicted molar refractivity (Wildman–Crippen MR) is 82.9 cm³/mol. The number of benzene rings is 1. The fourth-order valence-corrected chi connectivity index (χ4v) is 2.30. The molecule has 0 aliphatic carbocycles. The molecule has 2 unspecified atom stereocenters.